The van der Waals surface area contributed by atoms with E-state index >= 15 is 0 Å². The third-order valence-electron chi connectivity index (χ3n) is 5.60. The quantitative estimate of drug-likeness (QED) is 0.536. The third-order valence-corrected chi connectivity index (χ3v) is 5.60. The van der Waals surface area contributed by atoms with Crippen molar-refractivity contribution in [3.05, 3.63) is 47.9 Å². The van der Waals surface area contributed by atoms with Crippen molar-refractivity contribution in [3.63, 3.8) is 0 Å². The molecular formula is C24H33N7O3. The number of nitrogens with one attached hydrogen (secondary N) is 2. The second kappa shape index (κ2) is 11.0. The van der Waals surface area contributed by atoms with E-state index in [-0.39, 0.29) is 29.1 Å². The standard InChI is InChI=1S/C24H33N7O3/c1-15(2)20(21(25)32)29-23(33)17-7-8-19(27-14-17)24(34)31-12-10-30(11-13-31)22-18(28-16(3)4)6-5-9-26-22/h5-9,14-16,20,28H,10-13H2,1-4H3,(H2,25,32)(H,29,33)/t20-/m0/s1. The molecule has 2 aromatic rings. The number of anilines is 2. The van der Waals surface area contributed by atoms with Crippen molar-refractivity contribution in [2.75, 3.05) is 36.4 Å². The van der Waals surface area contributed by atoms with E-state index in [4.69, 9.17) is 5.73 Å². The second-order valence-electron chi connectivity index (χ2n) is 8.98. The van der Waals surface area contributed by atoms with Gasteiger partial charge in [-0.3, -0.25) is 19.4 Å². The third kappa shape index (κ3) is 6.00. The van der Waals surface area contributed by atoms with Crippen molar-refractivity contribution < 1.29 is 14.4 Å². The molecule has 1 fully saturated rings. The molecule has 0 aliphatic carbocycles. The largest absolute Gasteiger partial charge is 0.380 e. The number of amides is 3. The highest BCUT2D eigenvalue weighted by Crippen LogP contribution is 2.24. The van der Waals surface area contributed by atoms with Crippen molar-refractivity contribution in [2.24, 2.45) is 11.7 Å². The molecule has 1 aliphatic rings. The topological polar surface area (TPSA) is 134 Å². The summed E-state index contributed by atoms with van der Waals surface area (Å²) in [5, 5.41) is 6.03. The maximum atomic E-state index is 12.9. The zero-order chi connectivity index (χ0) is 24.8. The molecule has 10 nitrogen and oxygen atoms in total. The molecular weight excluding hydrogens is 434 g/mol. The zero-order valence-corrected chi connectivity index (χ0v) is 20.1. The molecule has 1 saturated heterocycles. The number of aromatic nitrogens is 2. The lowest BCUT2D eigenvalue weighted by molar-refractivity contribution is -0.120. The highest BCUT2D eigenvalue weighted by atomic mass is 16.2. The highest BCUT2D eigenvalue weighted by Gasteiger charge is 2.26. The predicted octanol–water partition coefficient (Wildman–Crippen LogP) is 1.50. The molecule has 1 aliphatic heterocycles. The molecule has 34 heavy (non-hydrogen) atoms. The van der Waals surface area contributed by atoms with Crippen LogP contribution < -0.4 is 21.3 Å². The van der Waals surface area contributed by atoms with Crippen molar-refractivity contribution in [1.29, 1.82) is 0 Å². The van der Waals surface area contributed by atoms with Crippen molar-refractivity contribution in [1.82, 2.24) is 20.2 Å². The Bertz CT molecular complexity index is 1020. The maximum Gasteiger partial charge on any atom is 0.272 e. The zero-order valence-electron chi connectivity index (χ0n) is 20.1. The molecule has 4 N–H and O–H groups in total. The van der Waals surface area contributed by atoms with Crippen LogP contribution in [0.1, 0.15) is 48.5 Å². The van der Waals surface area contributed by atoms with Gasteiger partial charge in [0.05, 0.1) is 11.3 Å². The monoisotopic (exact) mass is 467 g/mol. The van der Waals surface area contributed by atoms with E-state index in [1.165, 1.54) is 18.3 Å². The molecule has 0 aromatic carbocycles. The van der Waals surface area contributed by atoms with Gasteiger partial charge in [-0.1, -0.05) is 13.8 Å². The summed E-state index contributed by atoms with van der Waals surface area (Å²) in [6.07, 6.45) is 3.11. The van der Waals surface area contributed by atoms with Gasteiger partial charge in [-0.25, -0.2) is 4.98 Å². The lowest BCUT2D eigenvalue weighted by Crippen LogP contribution is -2.49. The van der Waals surface area contributed by atoms with Crippen molar-refractivity contribution in [3.8, 4) is 0 Å². The highest BCUT2D eigenvalue weighted by molar-refractivity contribution is 5.98. The number of hydrogen-bond donors (Lipinski definition) is 3. The van der Waals surface area contributed by atoms with E-state index in [9.17, 15) is 14.4 Å². The molecule has 10 heteroatoms. The number of nitrogens with two attached hydrogens (primary N) is 1. The first-order chi connectivity index (χ1) is 16.2. The average molecular weight is 468 g/mol. The minimum Gasteiger partial charge on any atom is -0.380 e. The van der Waals surface area contributed by atoms with E-state index in [1.807, 2.05) is 12.1 Å². The fraction of sp³-hybridized carbons (Fsp3) is 0.458. The van der Waals surface area contributed by atoms with Crippen LogP contribution >= 0.6 is 0 Å². The summed E-state index contributed by atoms with van der Waals surface area (Å²) in [6, 6.07) is 6.48. The number of rotatable bonds is 8. The first-order valence-electron chi connectivity index (χ1n) is 11.5. The van der Waals surface area contributed by atoms with E-state index < -0.39 is 17.9 Å². The number of piperazine rings is 1. The average Bonchev–Trinajstić information content (AvgIpc) is 2.81. The Hall–Kier alpha value is -3.69. The van der Waals surface area contributed by atoms with Gasteiger partial charge < -0.3 is 26.2 Å². The molecule has 182 valence electrons. The van der Waals surface area contributed by atoms with Crippen LogP contribution in [0.5, 0.6) is 0 Å². The van der Waals surface area contributed by atoms with Crippen molar-refractivity contribution >= 4 is 29.2 Å². The van der Waals surface area contributed by atoms with Gasteiger partial charge in [0.1, 0.15) is 11.7 Å². The van der Waals surface area contributed by atoms with Crippen LogP contribution in [0.2, 0.25) is 0 Å². The smallest absolute Gasteiger partial charge is 0.272 e. The van der Waals surface area contributed by atoms with Crippen LogP contribution in [0.4, 0.5) is 11.5 Å². The summed E-state index contributed by atoms with van der Waals surface area (Å²) >= 11 is 0. The number of carbonyl (C=O) groups is 3. The fourth-order valence-electron chi connectivity index (χ4n) is 3.80. The second-order valence-corrected chi connectivity index (χ2v) is 8.98. The van der Waals surface area contributed by atoms with Crippen molar-refractivity contribution in [2.45, 2.75) is 39.8 Å². The van der Waals surface area contributed by atoms with Crippen LogP contribution in [0.15, 0.2) is 36.7 Å². The Morgan fingerprint density at radius 2 is 1.71 bits per heavy atom. The SMILES string of the molecule is CC(C)Nc1cccnc1N1CCN(C(=O)c2ccc(C(=O)N[C@H](C(N)=O)C(C)C)cn2)CC1. The van der Waals surface area contributed by atoms with Gasteiger partial charge in [-0.15, -0.1) is 0 Å². The number of primary amides is 1. The van der Waals surface area contributed by atoms with Gasteiger partial charge in [-0.05, 0) is 44.0 Å². The van der Waals surface area contributed by atoms with E-state index in [1.54, 1.807) is 24.9 Å². The number of hydrogen-bond acceptors (Lipinski definition) is 7. The minimum absolute atomic E-state index is 0.141. The number of nitrogens with zero attached hydrogens (tertiary/aromatic N) is 4. The number of carbonyl (C=O) groups excluding carboxylic acids is 3. The maximum absolute atomic E-state index is 12.9. The molecule has 3 heterocycles. The normalized spacial score (nSPS) is 14.8. The first-order valence-corrected chi connectivity index (χ1v) is 11.5. The molecule has 2 aromatic heterocycles. The summed E-state index contributed by atoms with van der Waals surface area (Å²) in [7, 11) is 0. The lowest BCUT2D eigenvalue weighted by Gasteiger charge is -2.36. The van der Waals surface area contributed by atoms with Gasteiger partial charge in [0.25, 0.3) is 11.8 Å². The summed E-state index contributed by atoms with van der Waals surface area (Å²) in [5.74, 6) is -0.506. The van der Waals surface area contributed by atoms with Gasteiger partial charge in [-0.2, -0.15) is 0 Å². The lowest BCUT2D eigenvalue weighted by atomic mass is 10.0. The molecule has 0 radical (unpaired) electrons. The molecule has 0 spiro atoms. The fourth-order valence-corrected chi connectivity index (χ4v) is 3.80. The van der Waals surface area contributed by atoms with Gasteiger partial charge in [0, 0.05) is 44.6 Å². The van der Waals surface area contributed by atoms with E-state index in [0.29, 0.717) is 26.2 Å². The molecule has 0 saturated carbocycles. The molecule has 1 atom stereocenters. The summed E-state index contributed by atoms with van der Waals surface area (Å²) in [4.78, 5) is 49.6. The Labute approximate surface area is 199 Å². The molecule has 3 rings (SSSR count). The first kappa shape index (κ1) is 24.9. The summed E-state index contributed by atoms with van der Waals surface area (Å²) in [6.45, 7) is 10.1. The van der Waals surface area contributed by atoms with E-state index in [0.717, 1.165) is 11.5 Å². The van der Waals surface area contributed by atoms with Crippen LogP contribution in [-0.2, 0) is 4.79 Å². The van der Waals surface area contributed by atoms with Crippen LogP contribution in [0.25, 0.3) is 0 Å². The Morgan fingerprint density at radius 1 is 1.00 bits per heavy atom. The van der Waals surface area contributed by atoms with Crippen LogP contribution in [0.3, 0.4) is 0 Å². The number of pyridine rings is 2. The van der Waals surface area contributed by atoms with Gasteiger partial charge in [0.15, 0.2) is 5.82 Å². The van der Waals surface area contributed by atoms with Crippen LogP contribution in [0, 0.1) is 5.92 Å². The molecule has 3 amide bonds. The molecule has 0 unspecified atom stereocenters. The van der Waals surface area contributed by atoms with Crippen LogP contribution in [-0.4, -0.2) is 70.9 Å². The molecule has 0 bridgehead atoms. The Kier molecular flexibility index (Phi) is 8.04. The van der Waals surface area contributed by atoms with Gasteiger partial charge in [0.2, 0.25) is 5.91 Å². The minimum atomic E-state index is -0.777. The van der Waals surface area contributed by atoms with E-state index in [2.05, 4.69) is 39.3 Å². The Morgan fingerprint density at radius 3 is 2.26 bits per heavy atom. The van der Waals surface area contributed by atoms with Gasteiger partial charge >= 0.3 is 0 Å². The summed E-state index contributed by atoms with van der Waals surface area (Å²) < 4.78 is 0. The predicted molar refractivity (Wildman–Crippen MR) is 131 cm³/mol. The Balaban J connectivity index is 1.61. The summed E-state index contributed by atoms with van der Waals surface area (Å²) in [5.41, 5.74) is 6.85.